The highest BCUT2D eigenvalue weighted by Crippen LogP contribution is 2.42. The van der Waals surface area contributed by atoms with Crippen molar-refractivity contribution in [1.82, 2.24) is 19.9 Å². The van der Waals surface area contributed by atoms with E-state index in [-0.39, 0.29) is 12.1 Å². The van der Waals surface area contributed by atoms with Crippen LogP contribution in [0.1, 0.15) is 23.5 Å². The maximum atomic E-state index is 5.79. The molecular weight excluding hydrogens is 458 g/mol. The molecule has 0 aliphatic carbocycles. The lowest BCUT2D eigenvalue weighted by atomic mass is 10.0. The minimum absolute atomic E-state index is 0.0921. The van der Waals surface area contributed by atoms with Gasteiger partial charge in [-0.3, -0.25) is 4.98 Å². The minimum atomic E-state index is -0.0975. The second-order valence-corrected chi connectivity index (χ2v) is 8.27. The van der Waals surface area contributed by atoms with Crippen LogP contribution in [0.3, 0.4) is 0 Å². The van der Waals surface area contributed by atoms with Gasteiger partial charge in [-0.25, -0.2) is 4.98 Å². The van der Waals surface area contributed by atoms with Crippen molar-refractivity contribution < 1.29 is 0 Å². The Hall–Kier alpha value is -3.03. The van der Waals surface area contributed by atoms with Gasteiger partial charge < -0.3 is 14.8 Å². The van der Waals surface area contributed by atoms with Crippen molar-refractivity contribution in [2.45, 2.75) is 12.1 Å². The van der Waals surface area contributed by atoms with Crippen LogP contribution in [0.4, 0.5) is 5.69 Å². The third kappa shape index (κ3) is 3.40. The number of aromatic nitrogens is 3. The molecule has 0 bridgehead atoms. The first-order valence-corrected chi connectivity index (χ1v) is 10.8. The van der Waals surface area contributed by atoms with Gasteiger partial charge in [-0.15, -0.1) is 0 Å². The fourth-order valence-electron chi connectivity index (χ4n) is 3.88. The van der Waals surface area contributed by atoms with Gasteiger partial charge in [0.1, 0.15) is 11.9 Å². The molecule has 0 saturated carbocycles. The predicted octanol–water partition coefficient (Wildman–Crippen LogP) is 5.21. The SMILES string of the molecule is S=C1N[C@@H](c2ccccn2)[C@@H](c2cccn2-c2ccccn2)N1c1ccc(Br)cc1. The van der Waals surface area contributed by atoms with E-state index in [4.69, 9.17) is 12.2 Å². The summed E-state index contributed by atoms with van der Waals surface area (Å²) >= 11 is 9.32. The van der Waals surface area contributed by atoms with Crippen LogP contribution in [0.5, 0.6) is 0 Å². The Morgan fingerprint density at radius 1 is 0.867 bits per heavy atom. The molecule has 1 aliphatic heterocycles. The number of hydrogen-bond acceptors (Lipinski definition) is 3. The number of hydrogen-bond donors (Lipinski definition) is 1. The molecule has 0 unspecified atom stereocenters. The van der Waals surface area contributed by atoms with Gasteiger partial charge in [-0.1, -0.05) is 28.1 Å². The van der Waals surface area contributed by atoms with E-state index in [1.807, 2.05) is 67.0 Å². The first-order valence-electron chi connectivity index (χ1n) is 9.57. The Morgan fingerprint density at radius 2 is 1.63 bits per heavy atom. The average molecular weight is 476 g/mol. The monoisotopic (exact) mass is 475 g/mol. The number of halogens is 1. The van der Waals surface area contributed by atoms with Gasteiger partial charge in [-0.2, -0.15) is 0 Å². The molecule has 5 nitrogen and oxygen atoms in total. The van der Waals surface area contributed by atoms with Crippen LogP contribution in [0.25, 0.3) is 5.82 Å². The second kappa shape index (κ2) is 8.01. The van der Waals surface area contributed by atoms with E-state index in [0.717, 1.165) is 27.4 Å². The summed E-state index contributed by atoms with van der Waals surface area (Å²) in [4.78, 5) is 11.3. The first kappa shape index (κ1) is 19.0. The molecule has 1 N–H and O–H groups in total. The van der Waals surface area contributed by atoms with Crippen LogP contribution >= 0.6 is 28.1 Å². The molecule has 1 aromatic carbocycles. The summed E-state index contributed by atoms with van der Waals surface area (Å²) in [6, 6.07) is 24.1. The second-order valence-electron chi connectivity index (χ2n) is 6.96. The molecule has 7 heteroatoms. The molecule has 1 fully saturated rings. The van der Waals surface area contributed by atoms with E-state index in [1.165, 1.54) is 0 Å². The quantitative estimate of drug-likeness (QED) is 0.410. The summed E-state index contributed by atoms with van der Waals surface area (Å²) in [5.74, 6) is 0.867. The topological polar surface area (TPSA) is 46.0 Å². The van der Waals surface area contributed by atoms with Crippen molar-refractivity contribution in [3.8, 4) is 5.82 Å². The standard InChI is InChI=1S/C23H18BrN5S/c24-16-9-11-17(12-10-16)29-22(21(27-23(29)30)18-6-1-3-13-25-18)19-7-5-15-28(19)20-8-2-4-14-26-20/h1-15,21-22H,(H,27,30)/t21-,22+/m0/s1. The summed E-state index contributed by atoms with van der Waals surface area (Å²) < 4.78 is 3.14. The highest BCUT2D eigenvalue weighted by molar-refractivity contribution is 9.10. The zero-order valence-electron chi connectivity index (χ0n) is 15.9. The third-order valence-electron chi connectivity index (χ3n) is 5.18. The number of benzene rings is 1. The molecule has 4 heterocycles. The molecule has 0 amide bonds. The highest BCUT2D eigenvalue weighted by Gasteiger charge is 2.42. The molecular formula is C23H18BrN5S. The molecule has 5 rings (SSSR count). The van der Waals surface area contributed by atoms with E-state index in [2.05, 4.69) is 58.9 Å². The molecule has 148 valence electrons. The fourth-order valence-corrected chi connectivity index (χ4v) is 4.49. The number of nitrogens with one attached hydrogen (secondary N) is 1. The van der Waals surface area contributed by atoms with Crippen LogP contribution < -0.4 is 10.2 Å². The Bertz CT molecular complexity index is 1160. The Kier molecular flexibility index (Phi) is 5.06. The van der Waals surface area contributed by atoms with Crippen LogP contribution in [0.2, 0.25) is 0 Å². The van der Waals surface area contributed by atoms with Crippen molar-refractivity contribution in [2.24, 2.45) is 0 Å². The van der Waals surface area contributed by atoms with Gasteiger partial charge in [0.05, 0.1) is 11.7 Å². The van der Waals surface area contributed by atoms with Crippen molar-refractivity contribution in [2.75, 3.05) is 4.90 Å². The normalized spacial score (nSPS) is 18.4. The smallest absolute Gasteiger partial charge is 0.174 e. The minimum Gasteiger partial charge on any atom is -0.351 e. The lowest BCUT2D eigenvalue weighted by molar-refractivity contribution is 0.548. The molecule has 3 aromatic heterocycles. The van der Waals surface area contributed by atoms with Gasteiger partial charge >= 0.3 is 0 Å². The lowest BCUT2D eigenvalue weighted by Gasteiger charge is -2.28. The van der Waals surface area contributed by atoms with Gasteiger partial charge in [0, 0.05) is 34.4 Å². The molecule has 1 aliphatic rings. The Labute approximate surface area is 188 Å². The van der Waals surface area contributed by atoms with E-state index < -0.39 is 0 Å². The van der Waals surface area contributed by atoms with Crippen molar-refractivity contribution in [3.05, 3.63) is 107 Å². The van der Waals surface area contributed by atoms with Gasteiger partial charge in [-0.05, 0) is 72.9 Å². The Balaban J connectivity index is 1.67. The molecule has 0 spiro atoms. The maximum absolute atomic E-state index is 5.79. The van der Waals surface area contributed by atoms with E-state index in [0.29, 0.717) is 5.11 Å². The molecule has 2 atom stereocenters. The maximum Gasteiger partial charge on any atom is 0.174 e. The van der Waals surface area contributed by atoms with E-state index in [9.17, 15) is 0 Å². The third-order valence-corrected chi connectivity index (χ3v) is 6.03. The van der Waals surface area contributed by atoms with Crippen molar-refractivity contribution in [3.63, 3.8) is 0 Å². The highest BCUT2D eigenvalue weighted by atomic mass is 79.9. The van der Waals surface area contributed by atoms with E-state index >= 15 is 0 Å². The fraction of sp³-hybridized carbons (Fsp3) is 0.0870. The molecule has 0 radical (unpaired) electrons. The Morgan fingerprint density at radius 3 is 2.33 bits per heavy atom. The summed E-state index contributed by atoms with van der Waals surface area (Å²) in [5.41, 5.74) is 3.05. The number of rotatable bonds is 4. The zero-order valence-corrected chi connectivity index (χ0v) is 18.3. The van der Waals surface area contributed by atoms with Crippen LogP contribution in [0, 0.1) is 0 Å². The lowest BCUT2D eigenvalue weighted by Crippen LogP contribution is -2.30. The van der Waals surface area contributed by atoms with Crippen LogP contribution in [0.15, 0.2) is 95.9 Å². The zero-order chi connectivity index (χ0) is 20.5. The van der Waals surface area contributed by atoms with Gasteiger partial charge in [0.2, 0.25) is 0 Å². The van der Waals surface area contributed by atoms with Crippen molar-refractivity contribution >= 4 is 38.9 Å². The summed E-state index contributed by atoms with van der Waals surface area (Å²) in [5, 5.41) is 4.17. The predicted molar refractivity (Wildman–Crippen MR) is 126 cm³/mol. The van der Waals surface area contributed by atoms with E-state index in [1.54, 1.807) is 6.20 Å². The summed E-state index contributed by atoms with van der Waals surface area (Å²) in [6.45, 7) is 0. The number of anilines is 1. The molecule has 30 heavy (non-hydrogen) atoms. The summed E-state index contributed by atoms with van der Waals surface area (Å²) in [7, 11) is 0. The average Bonchev–Trinajstić information content (AvgIpc) is 3.40. The summed E-state index contributed by atoms with van der Waals surface area (Å²) in [6.07, 6.45) is 5.66. The van der Waals surface area contributed by atoms with Gasteiger partial charge in [0.25, 0.3) is 0 Å². The number of nitrogens with zero attached hydrogens (tertiary/aromatic N) is 4. The molecule has 4 aromatic rings. The van der Waals surface area contributed by atoms with Crippen LogP contribution in [-0.4, -0.2) is 19.6 Å². The molecule has 1 saturated heterocycles. The van der Waals surface area contributed by atoms with Crippen LogP contribution in [-0.2, 0) is 0 Å². The number of thiocarbonyl (C=S) groups is 1. The largest absolute Gasteiger partial charge is 0.351 e. The number of pyridine rings is 2. The first-order chi connectivity index (χ1) is 14.7. The van der Waals surface area contributed by atoms with Gasteiger partial charge in [0.15, 0.2) is 5.11 Å². The van der Waals surface area contributed by atoms with Crippen molar-refractivity contribution in [1.29, 1.82) is 0 Å².